The Labute approximate surface area is 139 Å². The minimum atomic E-state index is -1.14. The van der Waals surface area contributed by atoms with Crippen LogP contribution in [0.3, 0.4) is 0 Å². The highest BCUT2D eigenvalue weighted by Crippen LogP contribution is 2.29. The van der Waals surface area contributed by atoms with Crippen molar-refractivity contribution in [3.63, 3.8) is 0 Å². The van der Waals surface area contributed by atoms with Crippen LogP contribution in [0.5, 0.6) is 0 Å². The Hall–Kier alpha value is -2.39. The lowest BCUT2D eigenvalue weighted by Gasteiger charge is -2.10. The molecule has 0 spiro atoms. The van der Waals surface area contributed by atoms with Crippen LogP contribution in [0.25, 0.3) is 0 Å². The van der Waals surface area contributed by atoms with Crippen LogP contribution < -0.4 is 0 Å². The molecule has 122 valence electrons. The molecule has 1 atom stereocenters. The van der Waals surface area contributed by atoms with E-state index in [0.29, 0.717) is 0 Å². The summed E-state index contributed by atoms with van der Waals surface area (Å²) in [5, 5.41) is 9.06. The molecule has 0 amide bonds. The zero-order valence-corrected chi connectivity index (χ0v) is 13.8. The molecule has 0 fully saturated rings. The molecule has 1 aromatic carbocycles. The van der Waals surface area contributed by atoms with Gasteiger partial charge in [-0.3, -0.25) is 9.79 Å². The lowest BCUT2D eigenvalue weighted by molar-refractivity contribution is -0.143. The Morgan fingerprint density at radius 1 is 1.43 bits per heavy atom. The summed E-state index contributed by atoms with van der Waals surface area (Å²) in [6, 6.07) is 6.44. The highest BCUT2D eigenvalue weighted by atomic mass is 35.5. The third-order valence-corrected chi connectivity index (χ3v) is 2.98. The molecule has 23 heavy (non-hydrogen) atoms. The number of aliphatic imine (C=N–C) groups is 1. The van der Waals surface area contributed by atoms with Crippen molar-refractivity contribution in [1.82, 2.24) is 0 Å². The van der Waals surface area contributed by atoms with Gasteiger partial charge in [0, 0.05) is 6.21 Å². The second kappa shape index (κ2) is 8.91. The van der Waals surface area contributed by atoms with E-state index in [0.717, 1.165) is 6.21 Å². The fourth-order valence-electron chi connectivity index (χ4n) is 1.59. The van der Waals surface area contributed by atoms with E-state index in [-0.39, 0.29) is 29.0 Å². The van der Waals surface area contributed by atoms with Gasteiger partial charge in [-0.25, -0.2) is 4.79 Å². The molecule has 0 bridgehead atoms. The van der Waals surface area contributed by atoms with Crippen LogP contribution in [0.1, 0.15) is 31.1 Å². The van der Waals surface area contributed by atoms with E-state index in [1.54, 1.807) is 39.0 Å². The fourth-order valence-corrected chi connectivity index (χ4v) is 1.84. The number of rotatable bonds is 6. The van der Waals surface area contributed by atoms with Gasteiger partial charge in [-0.2, -0.15) is 5.26 Å². The van der Waals surface area contributed by atoms with E-state index in [9.17, 15) is 9.59 Å². The second-order valence-electron chi connectivity index (χ2n) is 4.73. The number of halogens is 1. The van der Waals surface area contributed by atoms with Crippen molar-refractivity contribution >= 4 is 35.4 Å². The summed E-state index contributed by atoms with van der Waals surface area (Å²) in [6.45, 7) is 5.27. The molecule has 0 N–H and O–H groups in total. The van der Waals surface area contributed by atoms with Crippen molar-refractivity contribution in [2.45, 2.75) is 26.9 Å². The number of hydrogen-bond acceptors (Lipinski definition) is 6. The minimum Gasteiger partial charge on any atom is -0.465 e. The molecular weight excluding hydrogens is 320 g/mol. The molecule has 1 rings (SSSR count). The number of carbonyl (C=O) groups is 2. The molecule has 0 saturated carbocycles. The first kappa shape index (κ1) is 18.7. The molecule has 1 unspecified atom stereocenters. The van der Waals surface area contributed by atoms with Crippen molar-refractivity contribution in [3.05, 3.63) is 28.8 Å². The first-order valence-electron chi connectivity index (χ1n) is 7.00. The van der Waals surface area contributed by atoms with E-state index >= 15 is 0 Å². The average molecular weight is 337 g/mol. The molecular formula is C16H17ClN2O4. The van der Waals surface area contributed by atoms with Gasteiger partial charge in [0.15, 0.2) is 5.92 Å². The maximum Gasteiger partial charge on any atom is 0.339 e. The number of esters is 2. The molecule has 0 aliphatic rings. The van der Waals surface area contributed by atoms with Gasteiger partial charge in [0.1, 0.15) is 0 Å². The Morgan fingerprint density at radius 3 is 2.70 bits per heavy atom. The lowest BCUT2D eigenvalue weighted by atomic mass is 10.2. The zero-order chi connectivity index (χ0) is 17.4. The summed E-state index contributed by atoms with van der Waals surface area (Å²) >= 11 is 6.14. The predicted octanol–water partition coefficient (Wildman–Crippen LogP) is 3.31. The number of benzene rings is 1. The van der Waals surface area contributed by atoms with Crippen LogP contribution in [0.2, 0.25) is 5.02 Å². The van der Waals surface area contributed by atoms with Crippen molar-refractivity contribution in [2.24, 2.45) is 10.9 Å². The van der Waals surface area contributed by atoms with Crippen LogP contribution in [-0.4, -0.2) is 30.9 Å². The minimum absolute atomic E-state index is 0.0925. The molecule has 0 heterocycles. The highest BCUT2D eigenvalue weighted by Gasteiger charge is 2.18. The maximum atomic E-state index is 11.9. The molecule has 0 aromatic heterocycles. The Kier molecular flexibility index (Phi) is 7.23. The first-order valence-corrected chi connectivity index (χ1v) is 7.38. The monoisotopic (exact) mass is 336 g/mol. The number of nitrogens with zero attached hydrogens (tertiary/aromatic N) is 2. The van der Waals surface area contributed by atoms with Crippen molar-refractivity contribution in [3.8, 4) is 6.07 Å². The summed E-state index contributed by atoms with van der Waals surface area (Å²) in [5.41, 5.74) is 0.425. The second-order valence-corrected chi connectivity index (χ2v) is 5.11. The topological polar surface area (TPSA) is 88.8 Å². The number of ether oxygens (including phenoxy) is 2. The van der Waals surface area contributed by atoms with Gasteiger partial charge in [0.2, 0.25) is 0 Å². The standard InChI is InChI=1S/C16H17ClN2O4/c1-4-22-15(20)11(8-18)9-19-13-7-5-6-12(14(13)17)16(21)23-10(2)3/h5-7,9-11H,4H2,1-3H3. The summed E-state index contributed by atoms with van der Waals surface area (Å²) in [4.78, 5) is 27.5. The average Bonchev–Trinajstić information content (AvgIpc) is 2.48. The predicted molar refractivity (Wildman–Crippen MR) is 85.9 cm³/mol. The summed E-state index contributed by atoms with van der Waals surface area (Å²) in [5.74, 6) is -2.40. The third-order valence-electron chi connectivity index (χ3n) is 2.58. The largest absolute Gasteiger partial charge is 0.465 e. The summed E-state index contributed by atoms with van der Waals surface area (Å²) in [6.07, 6.45) is 0.856. The fraction of sp³-hybridized carbons (Fsp3) is 0.375. The summed E-state index contributed by atoms with van der Waals surface area (Å²) < 4.78 is 9.85. The van der Waals surface area contributed by atoms with E-state index in [2.05, 4.69) is 4.99 Å². The van der Waals surface area contributed by atoms with E-state index in [1.807, 2.05) is 0 Å². The van der Waals surface area contributed by atoms with Crippen molar-refractivity contribution < 1.29 is 19.1 Å². The first-order chi connectivity index (χ1) is 10.9. The van der Waals surface area contributed by atoms with Gasteiger partial charge >= 0.3 is 11.9 Å². The van der Waals surface area contributed by atoms with Gasteiger partial charge in [-0.15, -0.1) is 0 Å². The number of hydrogen-bond donors (Lipinski definition) is 0. The molecule has 0 aliphatic carbocycles. The van der Waals surface area contributed by atoms with Gasteiger partial charge in [-0.05, 0) is 32.9 Å². The molecule has 7 heteroatoms. The van der Waals surface area contributed by atoms with Gasteiger partial charge < -0.3 is 9.47 Å². The van der Waals surface area contributed by atoms with E-state index in [4.69, 9.17) is 26.3 Å². The summed E-state index contributed by atoms with van der Waals surface area (Å²) in [7, 11) is 0. The van der Waals surface area contributed by atoms with Gasteiger partial charge in [-0.1, -0.05) is 17.7 Å². The number of carbonyl (C=O) groups excluding carboxylic acids is 2. The molecule has 6 nitrogen and oxygen atoms in total. The number of nitriles is 1. The zero-order valence-electron chi connectivity index (χ0n) is 13.1. The Balaban J connectivity index is 3.02. The maximum absolute atomic E-state index is 11.9. The molecule has 1 aromatic rings. The quantitative estimate of drug-likeness (QED) is 0.587. The van der Waals surface area contributed by atoms with E-state index in [1.165, 1.54) is 6.07 Å². The van der Waals surface area contributed by atoms with Crippen LogP contribution in [0.15, 0.2) is 23.2 Å². The molecule has 0 saturated heterocycles. The Morgan fingerprint density at radius 2 is 2.13 bits per heavy atom. The van der Waals surface area contributed by atoms with Crippen molar-refractivity contribution in [1.29, 1.82) is 5.26 Å². The van der Waals surface area contributed by atoms with E-state index < -0.39 is 17.9 Å². The van der Waals surface area contributed by atoms with Crippen LogP contribution in [0.4, 0.5) is 5.69 Å². The third kappa shape index (κ3) is 5.38. The van der Waals surface area contributed by atoms with Crippen LogP contribution in [0, 0.1) is 17.2 Å². The van der Waals surface area contributed by atoms with Crippen molar-refractivity contribution in [2.75, 3.05) is 6.61 Å². The SMILES string of the molecule is CCOC(=O)C(C#N)C=Nc1cccc(C(=O)OC(C)C)c1Cl. The van der Waals surface area contributed by atoms with Gasteiger partial charge in [0.25, 0.3) is 0 Å². The Bertz CT molecular complexity index is 650. The van der Waals surface area contributed by atoms with Crippen LogP contribution in [-0.2, 0) is 14.3 Å². The lowest BCUT2D eigenvalue weighted by Crippen LogP contribution is -2.17. The molecule has 0 aliphatic heterocycles. The highest BCUT2D eigenvalue weighted by molar-refractivity contribution is 6.36. The van der Waals surface area contributed by atoms with Crippen LogP contribution >= 0.6 is 11.6 Å². The van der Waals surface area contributed by atoms with Gasteiger partial charge in [0.05, 0.1) is 35.1 Å². The molecule has 0 radical (unpaired) electrons. The smallest absolute Gasteiger partial charge is 0.339 e. The normalized spacial score (nSPS) is 12.0.